The summed E-state index contributed by atoms with van der Waals surface area (Å²) in [6.45, 7) is 4.50. The van der Waals surface area contributed by atoms with Gasteiger partial charge in [0.1, 0.15) is 5.76 Å². The summed E-state index contributed by atoms with van der Waals surface area (Å²) in [4.78, 5) is 16.3. The Morgan fingerprint density at radius 3 is 3.00 bits per heavy atom. The molecular formula is C18H22N2O2S. The molecule has 23 heavy (non-hydrogen) atoms. The van der Waals surface area contributed by atoms with Gasteiger partial charge in [-0.3, -0.25) is 4.79 Å². The molecule has 1 N–H and O–H groups in total. The number of amides is 1. The summed E-state index contributed by atoms with van der Waals surface area (Å²) >= 11 is 1.35. The molecule has 1 unspecified atom stereocenters. The Morgan fingerprint density at radius 1 is 1.39 bits per heavy atom. The average molecular weight is 330 g/mol. The van der Waals surface area contributed by atoms with E-state index >= 15 is 0 Å². The van der Waals surface area contributed by atoms with Crippen molar-refractivity contribution in [2.45, 2.75) is 44.3 Å². The fraction of sp³-hybridized carbons (Fsp3) is 0.444. The van der Waals surface area contributed by atoms with Gasteiger partial charge < -0.3 is 9.73 Å². The maximum Gasteiger partial charge on any atom is 0.256 e. The minimum atomic E-state index is 0.0339. The summed E-state index contributed by atoms with van der Waals surface area (Å²) in [5.74, 6) is 1.62. The molecule has 1 heterocycles. The van der Waals surface area contributed by atoms with Crippen molar-refractivity contribution in [2.75, 3.05) is 12.3 Å². The number of nitrogens with one attached hydrogen (secondary N) is 1. The molecule has 2 aromatic rings. The number of rotatable bonds is 5. The van der Waals surface area contributed by atoms with Crippen molar-refractivity contribution in [3.8, 4) is 0 Å². The molecule has 3 rings (SSSR count). The third kappa shape index (κ3) is 3.96. The largest absolute Gasteiger partial charge is 0.437 e. The number of hydrogen-bond acceptors (Lipinski definition) is 4. The van der Waals surface area contributed by atoms with Crippen molar-refractivity contribution >= 4 is 17.7 Å². The summed E-state index contributed by atoms with van der Waals surface area (Å²) in [6.07, 6.45) is 3.49. The summed E-state index contributed by atoms with van der Waals surface area (Å²) < 4.78 is 5.48. The first-order valence-electron chi connectivity index (χ1n) is 8.05. The number of thioether (sulfide) groups is 1. The highest BCUT2D eigenvalue weighted by Gasteiger charge is 2.20. The van der Waals surface area contributed by atoms with E-state index in [0.717, 1.165) is 24.3 Å². The fourth-order valence-electron chi connectivity index (χ4n) is 2.99. The zero-order valence-electron chi connectivity index (χ0n) is 13.6. The van der Waals surface area contributed by atoms with Crippen LogP contribution in [0.4, 0.5) is 0 Å². The first-order chi connectivity index (χ1) is 11.1. The van der Waals surface area contributed by atoms with Crippen molar-refractivity contribution in [1.82, 2.24) is 10.3 Å². The molecule has 4 nitrogen and oxygen atoms in total. The lowest BCUT2D eigenvalue weighted by molar-refractivity contribution is -0.118. The van der Waals surface area contributed by atoms with Crippen LogP contribution in [0.1, 0.15) is 41.3 Å². The smallest absolute Gasteiger partial charge is 0.256 e. The number of benzene rings is 1. The topological polar surface area (TPSA) is 55.1 Å². The Balaban J connectivity index is 1.50. The third-order valence-corrected chi connectivity index (χ3v) is 5.20. The van der Waals surface area contributed by atoms with Crippen LogP contribution in [0.5, 0.6) is 0 Å². The van der Waals surface area contributed by atoms with Gasteiger partial charge in [0.2, 0.25) is 5.91 Å². The lowest BCUT2D eigenvalue weighted by atomic mass is 9.83. The number of fused-ring (bicyclic) bond motifs is 1. The molecule has 0 fully saturated rings. The van der Waals surface area contributed by atoms with Crippen LogP contribution in [-0.4, -0.2) is 23.2 Å². The van der Waals surface area contributed by atoms with Crippen LogP contribution in [0, 0.1) is 13.8 Å². The Kier molecular flexibility index (Phi) is 5.06. The van der Waals surface area contributed by atoms with E-state index in [2.05, 4.69) is 34.6 Å². The molecule has 1 aliphatic carbocycles. The molecule has 1 aromatic carbocycles. The molecule has 0 aliphatic heterocycles. The average Bonchev–Trinajstić information content (AvgIpc) is 2.89. The minimum absolute atomic E-state index is 0.0339. The summed E-state index contributed by atoms with van der Waals surface area (Å²) in [7, 11) is 0. The van der Waals surface area contributed by atoms with E-state index in [1.54, 1.807) is 0 Å². The molecule has 1 aromatic heterocycles. The van der Waals surface area contributed by atoms with Gasteiger partial charge in [0.05, 0.1) is 11.4 Å². The van der Waals surface area contributed by atoms with E-state index < -0.39 is 0 Å². The van der Waals surface area contributed by atoms with Crippen LogP contribution in [0.2, 0.25) is 0 Å². The first-order valence-corrected chi connectivity index (χ1v) is 9.03. The molecule has 0 saturated carbocycles. The van der Waals surface area contributed by atoms with Crippen LogP contribution >= 0.6 is 11.8 Å². The maximum atomic E-state index is 12.1. The molecule has 0 spiro atoms. The van der Waals surface area contributed by atoms with Crippen molar-refractivity contribution in [3.63, 3.8) is 0 Å². The molecule has 0 radical (unpaired) electrons. The lowest BCUT2D eigenvalue weighted by Gasteiger charge is -2.25. The van der Waals surface area contributed by atoms with Gasteiger partial charge in [0, 0.05) is 12.5 Å². The molecule has 0 saturated heterocycles. The predicted molar refractivity (Wildman–Crippen MR) is 91.8 cm³/mol. The van der Waals surface area contributed by atoms with E-state index in [-0.39, 0.29) is 5.91 Å². The number of aromatic nitrogens is 1. The Hall–Kier alpha value is -1.75. The second-order valence-electron chi connectivity index (χ2n) is 6.00. The number of hydrogen-bond donors (Lipinski definition) is 1. The third-order valence-electron chi connectivity index (χ3n) is 4.37. The molecule has 0 bridgehead atoms. The monoisotopic (exact) mass is 330 g/mol. The molecular weight excluding hydrogens is 308 g/mol. The normalized spacial score (nSPS) is 16.9. The number of oxazole rings is 1. The Bertz CT molecular complexity index is 677. The summed E-state index contributed by atoms with van der Waals surface area (Å²) in [5, 5.41) is 3.62. The molecule has 1 aliphatic rings. The highest BCUT2D eigenvalue weighted by Crippen LogP contribution is 2.30. The number of carbonyl (C=O) groups is 1. The second kappa shape index (κ2) is 7.21. The predicted octanol–water partition coefficient (Wildman–Crippen LogP) is 3.62. The highest BCUT2D eigenvalue weighted by atomic mass is 32.2. The van der Waals surface area contributed by atoms with Crippen molar-refractivity contribution in [2.24, 2.45) is 0 Å². The molecule has 5 heteroatoms. The zero-order valence-corrected chi connectivity index (χ0v) is 14.4. The SMILES string of the molecule is Cc1nc(SCC(=O)NCC2CCCc3ccccc32)oc1C. The van der Waals surface area contributed by atoms with E-state index in [0.29, 0.717) is 23.4 Å². The van der Waals surface area contributed by atoms with Crippen LogP contribution in [0.15, 0.2) is 33.9 Å². The van der Waals surface area contributed by atoms with Crippen LogP contribution in [0.3, 0.4) is 0 Å². The van der Waals surface area contributed by atoms with Crippen molar-refractivity contribution in [3.05, 3.63) is 46.8 Å². The van der Waals surface area contributed by atoms with E-state index in [9.17, 15) is 4.79 Å². The van der Waals surface area contributed by atoms with Gasteiger partial charge in [-0.1, -0.05) is 36.0 Å². The quantitative estimate of drug-likeness (QED) is 0.851. The maximum absolute atomic E-state index is 12.1. The molecule has 1 amide bonds. The van der Waals surface area contributed by atoms with Gasteiger partial charge >= 0.3 is 0 Å². The highest BCUT2D eigenvalue weighted by molar-refractivity contribution is 7.99. The summed E-state index contributed by atoms with van der Waals surface area (Å²) in [5.41, 5.74) is 3.70. The minimum Gasteiger partial charge on any atom is -0.437 e. The van der Waals surface area contributed by atoms with Gasteiger partial charge in [-0.2, -0.15) is 0 Å². The van der Waals surface area contributed by atoms with Crippen LogP contribution in [-0.2, 0) is 11.2 Å². The lowest BCUT2D eigenvalue weighted by Crippen LogP contribution is -2.31. The van der Waals surface area contributed by atoms with Gasteiger partial charge in [0.15, 0.2) is 0 Å². The van der Waals surface area contributed by atoms with E-state index in [1.165, 1.54) is 29.3 Å². The van der Waals surface area contributed by atoms with Gasteiger partial charge in [0.25, 0.3) is 5.22 Å². The fourth-order valence-corrected chi connectivity index (χ4v) is 3.73. The van der Waals surface area contributed by atoms with Gasteiger partial charge in [-0.05, 0) is 44.2 Å². The Morgan fingerprint density at radius 2 is 2.22 bits per heavy atom. The standard InChI is InChI=1S/C18H22N2O2S/c1-12-13(2)22-18(20-12)23-11-17(21)19-10-15-8-5-7-14-6-3-4-9-16(14)15/h3-4,6,9,15H,5,7-8,10-11H2,1-2H3,(H,19,21). The number of carbonyl (C=O) groups excluding carboxylic acids is 1. The van der Waals surface area contributed by atoms with Crippen LogP contribution < -0.4 is 5.32 Å². The number of nitrogens with zero attached hydrogens (tertiary/aromatic N) is 1. The summed E-state index contributed by atoms with van der Waals surface area (Å²) in [6, 6.07) is 8.57. The van der Waals surface area contributed by atoms with Gasteiger partial charge in [-0.15, -0.1) is 0 Å². The molecule has 122 valence electrons. The Labute approximate surface area is 141 Å². The molecule has 1 atom stereocenters. The van der Waals surface area contributed by atoms with E-state index in [4.69, 9.17) is 4.42 Å². The first kappa shape index (κ1) is 16.1. The van der Waals surface area contributed by atoms with Gasteiger partial charge in [-0.25, -0.2) is 4.98 Å². The van der Waals surface area contributed by atoms with Crippen LogP contribution in [0.25, 0.3) is 0 Å². The number of aryl methyl sites for hydroxylation is 3. The van der Waals surface area contributed by atoms with Crippen molar-refractivity contribution < 1.29 is 9.21 Å². The van der Waals surface area contributed by atoms with E-state index in [1.807, 2.05) is 13.8 Å². The second-order valence-corrected chi connectivity index (χ2v) is 6.93. The zero-order chi connectivity index (χ0) is 16.2. The van der Waals surface area contributed by atoms with Crippen molar-refractivity contribution in [1.29, 1.82) is 0 Å².